The fourth-order valence-electron chi connectivity index (χ4n) is 11.0. The first-order valence-electron chi connectivity index (χ1n) is 22.8. The zero-order chi connectivity index (χ0) is 41.9. The first-order valence-corrected chi connectivity index (χ1v) is 23.2. The van der Waals surface area contributed by atoms with Crippen LogP contribution in [0.5, 0.6) is 5.75 Å². The van der Waals surface area contributed by atoms with Gasteiger partial charge >= 0.3 is 0 Å². The van der Waals surface area contributed by atoms with Crippen LogP contribution in [0.1, 0.15) is 141 Å². The van der Waals surface area contributed by atoms with Crippen molar-refractivity contribution >= 4 is 50.8 Å². The molecule has 2 N–H and O–H groups in total. The van der Waals surface area contributed by atoms with Gasteiger partial charge in [0.1, 0.15) is 12.3 Å². The largest absolute Gasteiger partial charge is 0.508 e. The predicted molar refractivity (Wildman–Crippen MR) is 255 cm³/mol. The summed E-state index contributed by atoms with van der Waals surface area (Å²) in [6.45, 7) is 17.6. The fourth-order valence-corrected chi connectivity index (χ4v) is 11.3. The summed E-state index contributed by atoms with van der Waals surface area (Å²) in [5.41, 5.74) is 11.9. The number of fused-ring (bicyclic) bond motifs is 6. The van der Waals surface area contributed by atoms with Crippen LogP contribution in [0, 0.1) is 24.2 Å². The number of unbranched alkanes of at least 4 members (excludes halogenated alkanes) is 6. The third-order valence-electron chi connectivity index (χ3n) is 14.1. The molecule has 0 saturated carbocycles. The van der Waals surface area contributed by atoms with Crippen LogP contribution >= 0.6 is 11.6 Å². The molecule has 0 aromatic heterocycles. The second-order valence-electron chi connectivity index (χ2n) is 19.0. The molecule has 59 heavy (non-hydrogen) atoms. The van der Waals surface area contributed by atoms with Gasteiger partial charge in [0, 0.05) is 34.6 Å². The van der Waals surface area contributed by atoms with Gasteiger partial charge < -0.3 is 10.5 Å². The molecule has 4 aromatic rings. The number of phenolic OH excluding ortho intramolecular Hbond substituents is 1. The molecule has 7 rings (SSSR count). The molecule has 0 bridgehead atoms. The van der Waals surface area contributed by atoms with Crippen molar-refractivity contribution in [1.29, 1.82) is 5.41 Å². The number of benzene rings is 4. The molecule has 0 amide bonds. The molecular weight excluding hydrogens is 740 g/mol. The second-order valence-corrected chi connectivity index (χ2v) is 19.3. The van der Waals surface area contributed by atoms with Crippen LogP contribution in [0.4, 0.5) is 5.69 Å². The SMILES string of the molecule is CCCCC[N+]1=C(C=CC2=C(Cl)C(=CC=C3C(C)C(CCCCCCC=N)Cc4ccc5cc(C)ccc5c4C3(C)C)CCC2)C(C)(C)c2c1ccc1cc(O)ccc21. The second kappa shape index (κ2) is 18.2. The van der Waals surface area contributed by atoms with E-state index >= 15 is 0 Å². The van der Waals surface area contributed by atoms with Gasteiger partial charge in [0.05, 0.1) is 5.41 Å². The van der Waals surface area contributed by atoms with Crippen molar-refractivity contribution in [2.24, 2.45) is 11.8 Å². The van der Waals surface area contributed by atoms with Gasteiger partial charge in [0.25, 0.3) is 0 Å². The number of nitrogens with zero attached hydrogens (tertiary/aromatic N) is 1. The summed E-state index contributed by atoms with van der Waals surface area (Å²) in [5.74, 6) is 1.31. The summed E-state index contributed by atoms with van der Waals surface area (Å²) in [7, 11) is 0. The number of nitrogens with one attached hydrogen (secondary N) is 1. The Hall–Kier alpha value is -4.21. The molecule has 2 unspecified atom stereocenters. The zero-order valence-electron chi connectivity index (χ0n) is 37.0. The van der Waals surface area contributed by atoms with Crippen LogP contribution in [0.2, 0.25) is 0 Å². The lowest BCUT2D eigenvalue weighted by atomic mass is 9.70. The Morgan fingerprint density at radius 1 is 0.814 bits per heavy atom. The lowest BCUT2D eigenvalue weighted by molar-refractivity contribution is -0.438. The lowest BCUT2D eigenvalue weighted by Gasteiger charge is -2.34. The minimum atomic E-state index is -0.212. The zero-order valence-corrected chi connectivity index (χ0v) is 37.7. The van der Waals surface area contributed by atoms with E-state index in [1.54, 1.807) is 6.21 Å². The maximum atomic E-state index is 10.3. The Kier molecular flexibility index (Phi) is 13.2. The van der Waals surface area contributed by atoms with Crippen LogP contribution in [0.15, 0.2) is 107 Å². The molecule has 4 heteroatoms. The standard InChI is InChI=1S/C55H67ClN2O/c1-8-9-15-33-58-49-30-24-43-36-45(59)26-28-47(43)52(49)55(6,7)50(58)31-25-40-19-16-18-39(53(40)56)23-29-48-38(3)41(17-13-11-10-12-14-32-57)35-44-22-21-42-34-37(2)20-27-46(42)51(44)54(48,4)5/h20-32,34,36,38,41,57H,8-19,33,35H2,1-7H3/p+1. The average Bonchev–Trinajstić information content (AvgIpc) is 3.38. The Morgan fingerprint density at radius 3 is 2.36 bits per heavy atom. The average molecular weight is 809 g/mol. The van der Waals surface area contributed by atoms with E-state index in [1.165, 1.54) is 105 Å². The van der Waals surface area contributed by atoms with Crippen LogP contribution in [-0.4, -0.2) is 28.2 Å². The first kappa shape index (κ1) is 42.9. The van der Waals surface area contributed by atoms with Gasteiger partial charge in [-0.05, 0) is 152 Å². The van der Waals surface area contributed by atoms with Crippen molar-refractivity contribution in [1.82, 2.24) is 0 Å². The van der Waals surface area contributed by atoms with Crippen LogP contribution in [0.25, 0.3) is 21.5 Å². The topological polar surface area (TPSA) is 47.1 Å². The highest BCUT2D eigenvalue weighted by atomic mass is 35.5. The van der Waals surface area contributed by atoms with Gasteiger partial charge in [0.15, 0.2) is 5.71 Å². The van der Waals surface area contributed by atoms with E-state index in [0.29, 0.717) is 17.6 Å². The summed E-state index contributed by atoms with van der Waals surface area (Å²) in [6, 6.07) is 22.0. The molecule has 3 aliphatic rings. The number of halogens is 1. The van der Waals surface area contributed by atoms with E-state index in [0.717, 1.165) is 61.9 Å². The number of hydrogen-bond donors (Lipinski definition) is 2. The molecule has 3 nitrogen and oxygen atoms in total. The van der Waals surface area contributed by atoms with E-state index in [1.807, 2.05) is 12.1 Å². The summed E-state index contributed by atoms with van der Waals surface area (Å²) in [6.07, 6.45) is 25.8. The van der Waals surface area contributed by atoms with Gasteiger partial charge in [0.2, 0.25) is 5.69 Å². The molecule has 0 fully saturated rings. The van der Waals surface area contributed by atoms with Gasteiger partial charge in [-0.1, -0.05) is 131 Å². The molecule has 1 aliphatic heterocycles. The Bertz CT molecular complexity index is 2380. The number of rotatable bonds is 14. The number of hydrogen-bond acceptors (Lipinski definition) is 2. The van der Waals surface area contributed by atoms with Crippen molar-refractivity contribution in [2.75, 3.05) is 6.54 Å². The number of aromatic hydroxyl groups is 1. The molecule has 0 radical (unpaired) electrons. The Morgan fingerprint density at radius 2 is 1.56 bits per heavy atom. The van der Waals surface area contributed by atoms with Gasteiger partial charge in [-0.2, -0.15) is 4.58 Å². The van der Waals surface area contributed by atoms with Crippen molar-refractivity contribution in [3.63, 3.8) is 0 Å². The molecule has 2 atom stereocenters. The maximum absolute atomic E-state index is 10.3. The van der Waals surface area contributed by atoms with Crippen LogP contribution in [0.3, 0.4) is 0 Å². The molecule has 310 valence electrons. The number of phenols is 1. The number of aryl methyl sites for hydroxylation is 1. The first-order chi connectivity index (χ1) is 28.4. The van der Waals surface area contributed by atoms with E-state index in [2.05, 4.69) is 126 Å². The monoisotopic (exact) mass is 808 g/mol. The molecule has 0 saturated heterocycles. The van der Waals surface area contributed by atoms with Crippen LogP contribution < -0.4 is 0 Å². The molecule has 2 aliphatic carbocycles. The Labute approximate surface area is 360 Å². The minimum absolute atomic E-state index is 0.142. The van der Waals surface area contributed by atoms with E-state index in [9.17, 15) is 5.11 Å². The molecule has 0 spiro atoms. The third kappa shape index (κ3) is 8.70. The predicted octanol–water partition coefficient (Wildman–Crippen LogP) is 15.4. The van der Waals surface area contributed by atoms with Crippen molar-refractivity contribution < 1.29 is 9.68 Å². The highest BCUT2D eigenvalue weighted by Crippen LogP contribution is 2.49. The fraction of sp³-hybridized carbons (Fsp3) is 0.455. The van der Waals surface area contributed by atoms with Crippen LogP contribution in [-0.2, 0) is 17.3 Å². The third-order valence-corrected chi connectivity index (χ3v) is 14.6. The van der Waals surface area contributed by atoms with Gasteiger partial charge in [-0.25, -0.2) is 0 Å². The smallest absolute Gasteiger partial charge is 0.210 e. The quantitative estimate of drug-likeness (QED) is 0.0567. The van der Waals surface area contributed by atoms with Gasteiger partial charge in [-0.15, -0.1) is 0 Å². The minimum Gasteiger partial charge on any atom is -0.508 e. The summed E-state index contributed by atoms with van der Waals surface area (Å²) >= 11 is 7.48. The highest BCUT2D eigenvalue weighted by molar-refractivity contribution is 6.32. The summed E-state index contributed by atoms with van der Waals surface area (Å²) in [4.78, 5) is 0. The highest BCUT2D eigenvalue weighted by Gasteiger charge is 2.45. The van der Waals surface area contributed by atoms with Crippen molar-refractivity contribution in [2.45, 2.75) is 143 Å². The molecular formula is C55H68ClN2O+. The van der Waals surface area contributed by atoms with E-state index in [4.69, 9.17) is 17.0 Å². The van der Waals surface area contributed by atoms with Crippen molar-refractivity contribution in [3.05, 3.63) is 129 Å². The molecule has 4 aromatic carbocycles. The normalized spacial score (nSPS) is 21.6. The molecule has 1 heterocycles. The van der Waals surface area contributed by atoms with E-state index in [-0.39, 0.29) is 10.8 Å². The Balaban J connectivity index is 1.25. The van der Waals surface area contributed by atoms with E-state index < -0.39 is 0 Å². The maximum Gasteiger partial charge on any atom is 0.210 e. The number of allylic oxidation sites excluding steroid dienone is 8. The van der Waals surface area contributed by atoms with Gasteiger partial charge in [-0.3, -0.25) is 0 Å². The summed E-state index contributed by atoms with van der Waals surface area (Å²) in [5, 5.41) is 23.7. The van der Waals surface area contributed by atoms with Crippen molar-refractivity contribution in [3.8, 4) is 5.75 Å². The lowest BCUT2D eigenvalue weighted by Crippen LogP contribution is -2.28. The summed E-state index contributed by atoms with van der Waals surface area (Å²) < 4.78 is 2.55.